The van der Waals surface area contributed by atoms with Crippen LogP contribution in [0.3, 0.4) is 0 Å². The van der Waals surface area contributed by atoms with Crippen LogP contribution in [0.25, 0.3) is 11.0 Å². The maximum atomic E-state index is 9.08. The Bertz CT molecular complexity index is 894. The third kappa shape index (κ3) is 7.50. The standard InChI is InChI=1S/C23H32N4O2S2/c1-18-21(17-31-23-25-19-7-2-3-8-20(19)26-23)24-10-9-22(18)30-16-6-13-27(11-4-14-28)12-5-15-29/h2-3,7-10,28-29H,4-6,11-17H2,1H3,(H,25,26). The number of aromatic amines is 1. The van der Waals surface area contributed by atoms with Crippen LogP contribution in [0.2, 0.25) is 0 Å². The smallest absolute Gasteiger partial charge is 0.166 e. The predicted molar refractivity (Wildman–Crippen MR) is 130 cm³/mol. The first-order valence-electron chi connectivity index (χ1n) is 10.8. The van der Waals surface area contributed by atoms with Crippen molar-refractivity contribution in [1.29, 1.82) is 0 Å². The number of rotatable bonds is 14. The second kappa shape index (κ2) is 13.1. The quantitative estimate of drug-likeness (QED) is 0.247. The maximum absolute atomic E-state index is 9.08. The third-order valence-electron chi connectivity index (χ3n) is 5.11. The molecule has 31 heavy (non-hydrogen) atoms. The van der Waals surface area contributed by atoms with Crippen molar-refractivity contribution < 1.29 is 10.2 Å². The highest BCUT2D eigenvalue weighted by molar-refractivity contribution is 7.99. The molecule has 0 radical (unpaired) electrons. The molecule has 2 heterocycles. The molecule has 0 saturated carbocycles. The fourth-order valence-corrected chi connectivity index (χ4v) is 5.28. The number of nitrogens with one attached hydrogen (secondary N) is 1. The van der Waals surface area contributed by atoms with Crippen LogP contribution in [-0.4, -0.2) is 68.7 Å². The van der Waals surface area contributed by atoms with Crippen LogP contribution >= 0.6 is 23.5 Å². The van der Waals surface area contributed by atoms with Gasteiger partial charge in [-0.1, -0.05) is 23.9 Å². The van der Waals surface area contributed by atoms with Crippen LogP contribution in [0.15, 0.2) is 46.6 Å². The fourth-order valence-electron chi connectivity index (χ4n) is 3.39. The lowest BCUT2D eigenvalue weighted by atomic mass is 10.2. The first-order valence-corrected chi connectivity index (χ1v) is 12.8. The molecule has 6 nitrogen and oxygen atoms in total. The van der Waals surface area contributed by atoms with E-state index in [0.29, 0.717) is 0 Å². The summed E-state index contributed by atoms with van der Waals surface area (Å²) in [5, 5.41) is 19.1. The number of thioether (sulfide) groups is 2. The van der Waals surface area contributed by atoms with Gasteiger partial charge in [0, 0.05) is 43.1 Å². The second-order valence-corrected chi connectivity index (χ2v) is 9.53. The molecule has 0 unspecified atom stereocenters. The second-order valence-electron chi connectivity index (χ2n) is 7.43. The van der Waals surface area contributed by atoms with Gasteiger partial charge in [0.1, 0.15) is 0 Å². The van der Waals surface area contributed by atoms with E-state index in [1.54, 1.807) is 11.8 Å². The van der Waals surface area contributed by atoms with Crippen LogP contribution in [-0.2, 0) is 5.75 Å². The Hall–Kier alpha value is -1.58. The van der Waals surface area contributed by atoms with Crippen LogP contribution < -0.4 is 0 Å². The third-order valence-corrected chi connectivity index (χ3v) is 7.24. The molecule has 0 amide bonds. The van der Waals surface area contributed by atoms with Gasteiger partial charge < -0.3 is 20.1 Å². The van der Waals surface area contributed by atoms with E-state index in [2.05, 4.69) is 32.8 Å². The normalized spacial score (nSPS) is 11.6. The van der Waals surface area contributed by atoms with Gasteiger partial charge in [-0.05, 0) is 62.2 Å². The Morgan fingerprint density at radius 3 is 2.45 bits per heavy atom. The lowest BCUT2D eigenvalue weighted by Crippen LogP contribution is -2.28. The zero-order valence-electron chi connectivity index (χ0n) is 18.1. The summed E-state index contributed by atoms with van der Waals surface area (Å²) in [6.07, 6.45) is 4.55. The summed E-state index contributed by atoms with van der Waals surface area (Å²) in [5.74, 6) is 1.83. The molecule has 8 heteroatoms. The number of aliphatic hydroxyl groups is 2. The van der Waals surface area contributed by atoms with Crippen molar-refractivity contribution in [3.05, 3.63) is 47.8 Å². The first kappa shape index (κ1) is 24.1. The number of para-hydroxylation sites is 2. The van der Waals surface area contributed by atoms with Gasteiger partial charge in [0.25, 0.3) is 0 Å². The summed E-state index contributed by atoms with van der Waals surface area (Å²) in [6.45, 7) is 5.35. The van der Waals surface area contributed by atoms with Gasteiger partial charge in [-0.15, -0.1) is 11.8 Å². The van der Waals surface area contributed by atoms with Crippen molar-refractivity contribution in [3.8, 4) is 0 Å². The molecule has 0 aliphatic carbocycles. The number of H-pyrrole nitrogens is 1. The zero-order chi connectivity index (χ0) is 21.9. The van der Waals surface area contributed by atoms with E-state index in [1.807, 2.05) is 42.2 Å². The molecule has 0 fully saturated rings. The highest BCUT2D eigenvalue weighted by atomic mass is 32.2. The minimum Gasteiger partial charge on any atom is -0.396 e. The highest BCUT2D eigenvalue weighted by Gasteiger charge is 2.10. The van der Waals surface area contributed by atoms with Gasteiger partial charge in [0.15, 0.2) is 5.16 Å². The molecule has 0 aliphatic heterocycles. The summed E-state index contributed by atoms with van der Waals surface area (Å²) < 4.78 is 0. The van der Waals surface area contributed by atoms with E-state index in [-0.39, 0.29) is 13.2 Å². The van der Waals surface area contributed by atoms with E-state index in [4.69, 9.17) is 10.2 Å². The molecule has 3 N–H and O–H groups in total. The number of aliphatic hydroxyl groups excluding tert-OH is 2. The number of benzene rings is 1. The molecule has 0 bridgehead atoms. The van der Waals surface area contributed by atoms with Crippen molar-refractivity contribution in [1.82, 2.24) is 19.9 Å². The van der Waals surface area contributed by atoms with Gasteiger partial charge in [0.2, 0.25) is 0 Å². The number of pyridine rings is 1. The molecule has 3 aromatic rings. The Balaban J connectivity index is 1.49. The predicted octanol–water partition coefficient (Wildman–Crippen LogP) is 4.11. The lowest BCUT2D eigenvalue weighted by Gasteiger charge is -2.21. The summed E-state index contributed by atoms with van der Waals surface area (Å²) in [7, 11) is 0. The topological polar surface area (TPSA) is 85.3 Å². The van der Waals surface area contributed by atoms with Crippen molar-refractivity contribution in [2.24, 2.45) is 0 Å². The largest absolute Gasteiger partial charge is 0.396 e. The summed E-state index contributed by atoms with van der Waals surface area (Å²) in [4.78, 5) is 16.2. The Labute approximate surface area is 192 Å². The van der Waals surface area contributed by atoms with Gasteiger partial charge in [0.05, 0.1) is 16.7 Å². The average molecular weight is 461 g/mol. The van der Waals surface area contributed by atoms with Crippen molar-refractivity contribution in [2.45, 2.75) is 42.0 Å². The van der Waals surface area contributed by atoms with E-state index < -0.39 is 0 Å². The van der Waals surface area contributed by atoms with Crippen molar-refractivity contribution in [3.63, 3.8) is 0 Å². The van der Waals surface area contributed by atoms with Crippen molar-refractivity contribution >= 4 is 34.6 Å². The number of aromatic nitrogens is 3. The molecular formula is C23H32N4O2S2. The van der Waals surface area contributed by atoms with E-state index in [1.165, 1.54) is 10.5 Å². The molecule has 0 saturated heterocycles. The van der Waals surface area contributed by atoms with Crippen molar-refractivity contribution in [2.75, 3.05) is 38.6 Å². The molecule has 0 spiro atoms. The molecule has 0 atom stereocenters. The average Bonchev–Trinajstić information content (AvgIpc) is 3.21. The van der Waals surface area contributed by atoms with E-state index >= 15 is 0 Å². The number of fused-ring (bicyclic) bond motifs is 1. The van der Waals surface area contributed by atoms with Crippen LogP contribution in [0.1, 0.15) is 30.5 Å². The number of hydrogen-bond acceptors (Lipinski definition) is 7. The monoisotopic (exact) mass is 460 g/mol. The molecular weight excluding hydrogens is 428 g/mol. The maximum Gasteiger partial charge on any atom is 0.166 e. The Kier molecular flexibility index (Phi) is 10.2. The summed E-state index contributed by atoms with van der Waals surface area (Å²) in [6, 6.07) is 10.2. The minimum absolute atomic E-state index is 0.218. The molecule has 2 aromatic heterocycles. The van der Waals surface area contributed by atoms with E-state index in [0.717, 1.165) is 72.3 Å². The highest BCUT2D eigenvalue weighted by Crippen LogP contribution is 2.28. The Morgan fingerprint density at radius 1 is 0.968 bits per heavy atom. The van der Waals surface area contributed by atoms with Crippen LogP contribution in [0.5, 0.6) is 0 Å². The van der Waals surface area contributed by atoms with Crippen LogP contribution in [0.4, 0.5) is 0 Å². The van der Waals surface area contributed by atoms with Gasteiger partial charge in [-0.25, -0.2) is 4.98 Å². The number of hydrogen-bond donors (Lipinski definition) is 3. The first-order chi connectivity index (χ1) is 15.2. The van der Waals surface area contributed by atoms with Gasteiger partial charge in [-0.2, -0.15) is 0 Å². The van der Waals surface area contributed by atoms with Gasteiger partial charge in [-0.3, -0.25) is 4.98 Å². The van der Waals surface area contributed by atoms with Crippen LogP contribution in [0, 0.1) is 6.92 Å². The number of nitrogens with zero attached hydrogens (tertiary/aromatic N) is 3. The number of imidazole rings is 1. The zero-order valence-corrected chi connectivity index (χ0v) is 19.7. The lowest BCUT2D eigenvalue weighted by molar-refractivity contribution is 0.202. The summed E-state index contributed by atoms with van der Waals surface area (Å²) in [5.41, 5.74) is 4.40. The van der Waals surface area contributed by atoms with E-state index in [9.17, 15) is 0 Å². The van der Waals surface area contributed by atoms with Gasteiger partial charge >= 0.3 is 0 Å². The minimum atomic E-state index is 0.218. The summed E-state index contributed by atoms with van der Waals surface area (Å²) >= 11 is 3.56. The Morgan fingerprint density at radius 2 is 1.71 bits per heavy atom. The molecule has 168 valence electrons. The fraction of sp³-hybridized carbons (Fsp3) is 0.478. The molecule has 1 aromatic carbocycles. The molecule has 3 rings (SSSR count). The SMILES string of the molecule is Cc1c(SCCCN(CCCO)CCCO)ccnc1CSc1nc2ccccc2[nH]1. The molecule has 0 aliphatic rings.